The molecular formula is C28H30N2O. The van der Waals surface area contributed by atoms with Crippen molar-refractivity contribution in [2.45, 2.75) is 39.2 Å². The summed E-state index contributed by atoms with van der Waals surface area (Å²) in [4.78, 5) is 7.05. The molecule has 0 saturated carbocycles. The van der Waals surface area contributed by atoms with Crippen molar-refractivity contribution in [1.82, 2.24) is 9.88 Å². The van der Waals surface area contributed by atoms with Gasteiger partial charge in [-0.15, -0.1) is 0 Å². The third-order valence-corrected chi connectivity index (χ3v) is 5.96. The Morgan fingerprint density at radius 1 is 0.968 bits per heavy atom. The first kappa shape index (κ1) is 21.2. The molecule has 1 fully saturated rings. The van der Waals surface area contributed by atoms with Gasteiger partial charge in [0.1, 0.15) is 18.1 Å². The van der Waals surface area contributed by atoms with Crippen LogP contribution in [0.25, 0.3) is 11.1 Å². The molecule has 1 saturated heterocycles. The molecule has 4 rings (SSSR count). The molecule has 31 heavy (non-hydrogen) atoms. The van der Waals surface area contributed by atoms with Crippen molar-refractivity contribution in [2.75, 3.05) is 19.7 Å². The number of hydrogen-bond acceptors (Lipinski definition) is 3. The van der Waals surface area contributed by atoms with Crippen LogP contribution in [0.15, 0.2) is 66.9 Å². The summed E-state index contributed by atoms with van der Waals surface area (Å²) in [5, 5.41) is 0. The largest absolute Gasteiger partial charge is 0.492 e. The zero-order chi connectivity index (χ0) is 21.5. The molecule has 1 atom stereocenters. The number of aromatic nitrogens is 1. The minimum atomic E-state index is 0.735. The Bertz CT molecular complexity index is 1030. The second-order valence-electron chi connectivity index (χ2n) is 8.16. The van der Waals surface area contributed by atoms with E-state index in [2.05, 4.69) is 65.9 Å². The number of likely N-dealkylation sites (tertiary alicyclic amines) is 1. The van der Waals surface area contributed by atoms with E-state index in [1.807, 2.05) is 36.5 Å². The van der Waals surface area contributed by atoms with Crippen molar-refractivity contribution in [2.24, 2.45) is 0 Å². The molecule has 0 radical (unpaired) electrons. The average molecular weight is 411 g/mol. The summed E-state index contributed by atoms with van der Waals surface area (Å²) in [7, 11) is 0. The lowest BCUT2D eigenvalue weighted by Gasteiger charge is -2.23. The van der Waals surface area contributed by atoms with E-state index in [9.17, 15) is 0 Å². The van der Waals surface area contributed by atoms with Crippen molar-refractivity contribution in [3.05, 3.63) is 83.7 Å². The lowest BCUT2D eigenvalue weighted by Crippen LogP contribution is -2.32. The number of pyridine rings is 1. The first-order valence-electron chi connectivity index (χ1n) is 11.2. The minimum Gasteiger partial charge on any atom is -0.492 e. The molecule has 3 nitrogen and oxygen atoms in total. The summed E-state index contributed by atoms with van der Waals surface area (Å²) in [6, 6.07) is 21.3. The molecule has 2 aromatic carbocycles. The van der Waals surface area contributed by atoms with Gasteiger partial charge in [0, 0.05) is 29.9 Å². The third-order valence-electron chi connectivity index (χ3n) is 5.96. The monoisotopic (exact) mass is 410 g/mol. The zero-order valence-electron chi connectivity index (χ0n) is 18.5. The minimum absolute atomic E-state index is 0.735. The fourth-order valence-corrected chi connectivity index (χ4v) is 4.09. The van der Waals surface area contributed by atoms with Crippen LogP contribution in [-0.4, -0.2) is 35.6 Å². The van der Waals surface area contributed by atoms with Crippen molar-refractivity contribution in [3.63, 3.8) is 0 Å². The number of aryl methyl sites for hydroxylation is 1. The third kappa shape index (κ3) is 5.75. The molecule has 1 unspecified atom stereocenters. The Morgan fingerprint density at radius 2 is 1.74 bits per heavy atom. The van der Waals surface area contributed by atoms with Crippen LogP contribution < -0.4 is 4.74 Å². The molecule has 3 heteroatoms. The molecular weight excluding hydrogens is 380 g/mol. The van der Waals surface area contributed by atoms with Crippen molar-refractivity contribution in [1.29, 1.82) is 0 Å². The van der Waals surface area contributed by atoms with E-state index in [-0.39, 0.29) is 0 Å². The smallest absolute Gasteiger partial charge is 0.119 e. The predicted octanol–water partition coefficient (Wildman–Crippen LogP) is 5.71. The normalized spacial score (nSPS) is 16.0. The van der Waals surface area contributed by atoms with Crippen LogP contribution in [0.1, 0.15) is 43.0 Å². The van der Waals surface area contributed by atoms with Gasteiger partial charge in [0.15, 0.2) is 0 Å². The topological polar surface area (TPSA) is 25.4 Å². The van der Waals surface area contributed by atoms with Gasteiger partial charge < -0.3 is 4.74 Å². The lowest BCUT2D eigenvalue weighted by atomic mass is 10.1. The van der Waals surface area contributed by atoms with Crippen LogP contribution in [-0.2, 0) is 0 Å². The van der Waals surface area contributed by atoms with Gasteiger partial charge in [-0.3, -0.25) is 4.90 Å². The Labute approximate surface area is 186 Å². The van der Waals surface area contributed by atoms with Crippen LogP contribution in [0.3, 0.4) is 0 Å². The van der Waals surface area contributed by atoms with Crippen molar-refractivity contribution in [3.8, 4) is 28.7 Å². The Morgan fingerprint density at radius 3 is 2.45 bits per heavy atom. The first-order chi connectivity index (χ1) is 15.2. The van der Waals surface area contributed by atoms with E-state index in [1.54, 1.807) is 0 Å². The molecule has 2 heterocycles. The van der Waals surface area contributed by atoms with Gasteiger partial charge in [-0.2, -0.15) is 0 Å². The van der Waals surface area contributed by atoms with E-state index in [0.29, 0.717) is 0 Å². The highest BCUT2D eigenvalue weighted by Gasteiger charge is 2.22. The Hall–Kier alpha value is -3.09. The summed E-state index contributed by atoms with van der Waals surface area (Å²) >= 11 is 0. The van der Waals surface area contributed by atoms with Crippen LogP contribution in [0.5, 0.6) is 5.75 Å². The number of rotatable bonds is 6. The maximum absolute atomic E-state index is 5.94. The zero-order valence-corrected chi connectivity index (χ0v) is 18.5. The van der Waals surface area contributed by atoms with Gasteiger partial charge in [-0.25, -0.2) is 4.98 Å². The highest BCUT2D eigenvalue weighted by molar-refractivity contribution is 5.63. The molecule has 3 aromatic rings. The molecule has 0 amide bonds. The average Bonchev–Trinajstić information content (AvgIpc) is 3.27. The fourth-order valence-electron chi connectivity index (χ4n) is 4.09. The molecule has 0 bridgehead atoms. The van der Waals surface area contributed by atoms with Gasteiger partial charge >= 0.3 is 0 Å². The van der Waals surface area contributed by atoms with Crippen molar-refractivity contribution >= 4 is 0 Å². The highest BCUT2D eigenvalue weighted by atomic mass is 16.5. The summed E-state index contributed by atoms with van der Waals surface area (Å²) < 4.78 is 5.94. The van der Waals surface area contributed by atoms with E-state index in [0.717, 1.165) is 41.8 Å². The summed E-state index contributed by atoms with van der Waals surface area (Å²) in [5.41, 5.74) is 5.26. The van der Waals surface area contributed by atoms with Crippen LogP contribution >= 0.6 is 0 Å². The number of hydrogen-bond donors (Lipinski definition) is 0. The van der Waals surface area contributed by atoms with E-state index < -0.39 is 0 Å². The number of nitrogens with zero attached hydrogens (tertiary/aromatic N) is 2. The Balaban J connectivity index is 1.30. The van der Waals surface area contributed by atoms with Crippen LogP contribution in [0.2, 0.25) is 0 Å². The van der Waals surface area contributed by atoms with E-state index in [1.165, 1.54) is 36.9 Å². The SMILES string of the molecule is CCC1CCCN1CCOc1ccc(C#Cc2ccc(-c3ccc(C)cc3)cn2)cc1. The molecule has 1 aliphatic heterocycles. The number of ether oxygens (including phenoxy) is 1. The van der Waals surface area contributed by atoms with Gasteiger partial charge in [-0.05, 0) is 74.5 Å². The summed E-state index contributed by atoms with van der Waals surface area (Å²) in [5.74, 6) is 7.25. The van der Waals surface area contributed by atoms with Crippen LogP contribution in [0, 0.1) is 18.8 Å². The molecule has 0 aliphatic carbocycles. The maximum atomic E-state index is 5.94. The van der Waals surface area contributed by atoms with Gasteiger partial charge in [0.25, 0.3) is 0 Å². The van der Waals surface area contributed by atoms with Crippen molar-refractivity contribution < 1.29 is 4.74 Å². The standard InChI is InChI=1S/C28H30N2O/c1-3-27-5-4-18-30(27)19-20-31-28-16-9-23(10-17-28)8-14-26-15-13-25(21-29-26)24-11-6-22(2)7-12-24/h6-7,9-13,15-17,21,27H,3-5,18-20H2,1-2H3. The van der Waals surface area contributed by atoms with Gasteiger partial charge in [0.2, 0.25) is 0 Å². The van der Waals surface area contributed by atoms with E-state index in [4.69, 9.17) is 4.74 Å². The summed E-state index contributed by atoms with van der Waals surface area (Å²) in [6.07, 6.45) is 5.76. The molecule has 0 N–H and O–H groups in total. The van der Waals surface area contributed by atoms with Crippen LogP contribution in [0.4, 0.5) is 0 Å². The molecule has 0 spiro atoms. The quantitative estimate of drug-likeness (QED) is 0.487. The highest BCUT2D eigenvalue weighted by Crippen LogP contribution is 2.20. The Kier molecular flexibility index (Phi) is 7.02. The molecule has 158 valence electrons. The maximum Gasteiger partial charge on any atom is 0.119 e. The molecule has 1 aromatic heterocycles. The van der Waals surface area contributed by atoms with Gasteiger partial charge in [0.05, 0.1) is 0 Å². The van der Waals surface area contributed by atoms with E-state index >= 15 is 0 Å². The summed E-state index contributed by atoms with van der Waals surface area (Å²) in [6.45, 7) is 7.31. The second-order valence-corrected chi connectivity index (χ2v) is 8.16. The predicted molar refractivity (Wildman–Crippen MR) is 127 cm³/mol. The second kappa shape index (κ2) is 10.3. The molecule has 1 aliphatic rings. The first-order valence-corrected chi connectivity index (χ1v) is 11.2. The number of benzene rings is 2. The lowest BCUT2D eigenvalue weighted by molar-refractivity contribution is 0.193. The van der Waals surface area contributed by atoms with Gasteiger partial charge in [-0.1, -0.05) is 48.7 Å². The fraction of sp³-hybridized carbons (Fsp3) is 0.321.